The third-order valence-electron chi connectivity index (χ3n) is 2.74. The maximum Gasteiger partial charge on any atom is 0.237 e. The lowest BCUT2D eigenvalue weighted by Crippen LogP contribution is -2.40. The Hall–Kier alpha value is -0.780. The summed E-state index contributed by atoms with van der Waals surface area (Å²) in [6, 6.07) is -0.00996. The van der Waals surface area contributed by atoms with Crippen LogP contribution < -0.4 is 10.6 Å². The van der Waals surface area contributed by atoms with Gasteiger partial charge in [-0.25, -0.2) is 4.98 Å². The van der Waals surface area contributed by atoms with Crippen LogP contribution in [0, 0.1) is 6.92 Å². The van der Waals surface area contributed by atoms with E-state index >= 15 is 0 Å². The van der Waals surface area contributed by atoms with E-state index in [1.165, 1.54) is 0 Å². The monoisotopic (exact) mass is 280 g/mol. The predicted molar refractivity (Wildman–Crippen MR) is 70.7 cm³/mol. The highest BCUT2D eigenvalue weighted by Crippen LogP contribution is 2.05. The molecule has 2 heterocycles. The number of aromatic nitrogens is 2. The summed E-state index contributed by atoms with van der Waals surface area (Å²) in [6.07, 6.45) is 3.66. The summed E-state index contributed by atoms with van der Waals surface area (Å²) in [4.78, 5) is 18.7. The molecule has 1 saturated heterocycles. The van der Waals surface area contributed by atoms with Crippen LogP contribution >= 0.6 is 24.8 Å². The van der Waals surface area contributed by atoms with Gasteiger partial charge < -0.3 is 15.6 Å². The maximum atomic E-state index is 11.6. The predicted octanol–water partition coefficient (Wildman–Crippen LogP) is 0.930. The second kappa shape index (κ2) is 7.53. The molecular formula is C10H18Cl2N4O. The average Bonchev–Trinajstić information content (AvgIpc) is 2.85. The Bertz CT molecular complexity index is 350. The van der Waals surface area contributed by atoms with E-state index in [2.05, 4.69) is 20.6 Å². The first kappa shape index (κ1) is 16.2. The van der Waals surface area contributed by atoms with Crippen molar-refractivity contribution >= 4 is 30.7 Å². The Labute approximate surface area is 113 Å². The number of rotatable bonds is 3. The Kier molecular flexibility index (Phi) is 7.18. The highest BCUT2D eigenvalue weighted by atomic mass is 35.5. The topological polar surface area (TPSA) is 69.8 Å². The van der Waals surface area contributed by atoms with Gasteiger partial charge in [-0.15, -0.1) is 24.8 Å². The van der Waals surface area contributed by atoms with Crippen molar-refractivity contribution in [2.45, 2.75) is 32.4 Å². The first-order valence-electron chi connectivity index (χ1n) is 5.27. The van der Waals surface area contributed by atoms with Crippen LogP contribution in [0.3, 0.4) is 0 Å². The molecule has 1 aliphatic heterocycles. The number of H-pyrrole nitrogens is 1. The van der Waals surface area contributed by atoms with Gasteiger partial charge in [-0.05, 0) is 26.3 Å². The van der Waals surface area contributed by atoms with Crippen LogP contribution in [0.4, 0.5) is 0 Å². The van der Waals surface area contributed by atoms with Gasteiger partial charge in [0, 0.05) is 5.69 Å². The standard InChI is InChI=1S/C10H16N4O.2ClH/c1-7-9(14-6-13-7)5-12-10(15)8-3-2-4-11-8;;/h6,8,11H,2-5H2,1H3,(H,12,15)(H,13,14);2*1H. The van der Waals surface area contributed by atoms with Gasteiger partial charge in [0.2, 0.25) is 5.91 Å². The first-order chi connectivity index (χ1) is 7.27. The van der Waals surface area contributed by atoms with Crippen LogP contribution in [0.25, 0.3) is 0 Å². The van der Waals surface area contributed by atoms with Gasteiger partial charge in [0.25, 0.3) is 0 Å². The molecule has 2 rings (SSSR count). The minimum Gasteiger partial charge on any atom is -0.349 e. The van der Waals surface area contributed by atoms with E-state index in [0.29, 0.717) is 6.54 Å². The summed E-state index contributed by atoms with van der Waals surface area (Å²) in [5.41, 5.74) is 1.91. The largest absolute Gasteiger partial charge is 0.349 e. The van der Waals surface area contributed by atoms with Crippen LogP contribution in [0.2, 0.25) is 0 Å². The molecule has 1 aliphatic rings. The Morgan fingerprint density at radius 1 is 1.59 bits per heavy atom. The molecule has 0 spiro atoms. The van der Waals surface area contributed by atoms with Gasteiger partial charge >= 0.3 is 0 Å². The smallest absolute Gasteiger partial charge is 0.237 e. The molecule has 3 N–H and O–H groups in total. The number of aromatic amines is 1. The van der Waals surface area contributed by atoms with E-state index in [4.69, 9.17) is 0 Å². The van der Waals surface area contributed by atoms with E-state index in [1.807, 2.05) is 6.92 Å². The first-order valence-corrected chi connectivity index (χ1v) is 5.27. The van der Waals surface area contributed by atoms with Crippen LogP contribution in [-0.2, 0) is 11.3 Å². The summed E-state index contributed by atoms with van der Waals surface area (Å²) in [5.74, 6) is 0.0786. The summed E-state index contributed by atoms with van der Waals surface area (Å²) < 4.78 is 0. The molecule has 17 heavy (non-hydrogen) atoms. The van der Waals surface area contributed by atoms with Crippen molar-refractivity contribution in [2.75, 3.05) is 6.54 Å². The van der Waals surface area contributed by atoms with Crippen molar-refractivity contribution < 1.29 is 4.79 Å². The molecule has 0 saturated carbocycles. The quantitative estimate of drug-likeness (QED) is 0.772. The SMILES string of the molecule is Cc1[nH]cnc1CNC(=O)C1CCCN1.Cl.Cl. The van der Waals surface area contributed by atoms with Crippen LogP contribution in [0.5, 0.6) is 0 Å². The highest BCUT2D eigenvalue weighted by Gasteiger charge is 2.21. The molecule has 1 fully saturated rings. The second-order valence-electron chi connectivity index (χ2n) is 3.84. The lowest BCUT2D eigenvalue weighted by atomic mass is 10.2. The van der Waals surface area contributed by atoms with Gasteiger partial charge in [0.05, 0.1) is 24.6 Å². The molecule has 1 aromatic rings. The number of imidazole rings is 1. The van der Waals surface area contributed by atoms with E-state index in [0.717, 1.165) is 30.8 Å². The van der Waals surface area contributed by atoms with Crippen LogP contribution in [0.1, 0.15) is 24.2 Å². The second-order valence-corrected chi connectivity index (χ2v) is 3.84. The van der Waals surface area contributed by atoms with Gasteiger partial charge in [-0.1, -0.05) is 0 Å². The molecule has 1 aromatic heterocycles. The van der Waals surface area contributed by atoms with Crippen molar-refractivity contribution in [1.82, 2.24) is 20.6 Å². The summed E-state index contributed by atoms with van der Waals surface area (Å²) >= 11 is 0. The van der Waals surface area contributed by atoms with E-state index in [-0.39, 0.29) is 36.8 Å². The molecular weight excluding hydrogens is 263 g/mol. The molecule has 0 bridgehead atoms. The lowest BCUT2D eigenvalue weighted by Gasteiger charge is -2.10. The van der Waals surface area contributed by atoms with E-state index < -0.39 is 0 Å². The summed E-state index contributed by atoms with van der Waals surface area (Å²) in [6.45, 7) is 3.40. The lowest BCUT2D eigenvalue weighted by molar-refractivity contribution is -0.122. The Morgan fingerprint density at radius 2 is 2.35 bits per heavy atom. The number of halogens is 2. The molecule has 0 aliphatic carbocycles. The van der Waals surface area contributed by atoms with Crippen molar-refractivity contribution in [3.05, 3.63) is 17.7 Å². The zero-order valence-corrected chi connectivity index (χ0v) is 11.3. The van der Waals surface area contributed by atoms with Gasteiger partial charge in [0.15, 0.2) is 0 Å². The van der Waals surface area contributed by atoms with Crippen molar-refractivity contribution in [3.63, 3.8) is 0 Å². The minimum absolute atomic E-state index is 0. The number of hydrogen-bond donors (Lipinski definition) is 3. The van der Waals surface area contributed by atoms with E-state index in [9.17, 15) is 4.79 Å². The molecule has 5 nitrogen and oxygen atoms in total. The van der Waals surface area contributed by atoms with Gasteiger partial charge in [-0.2, -0.15) is 0 Å². The number of nitrogens with zero attached hydrogens (tertiary/aromatic N) is 1. The maximum absolute atomic E-state index is 11.6. The molecule has 1 atom stereocenters. The number of carbonyl (C=O) groups excluding carboxylic acids is 1. The Balaban J connectivity index is 0.00000128. The number of aryl methyl sites for hydroxylation is 1. The van der Waals surface area contributed by atoms with Crippen molar-refractivity contribution in [1.29, 1.82) is 0 Å². The minimum atomic E-state index is -0.00996. The van der Waals surface area contributed by atoms with Crippen LogP contribution in [0.15, 0.2) is 6.33 Å². The van der Waals surface area contributed by atoms with Gasteiger partial charge in [-0.3, -0.25) is 4.79 Å². The normalized spacial score (nSPS) is 18.1. The molecule has 0 aromatic carbocycles. The van der Waals surface area contributed by atoms with Crippen molar-refractivity contribution in [3.8, 4) is 0 Å². The van der Waals surface area contributed by atoms with Crippen LogP contribution in [-0.4, -0.2) is 28.5 Å². The third-order valence-corrected chi connectivity index (χ3v) is 2.74. The zero-order chi connectivity index (χ0) is 10.7. The summed E-state index contributed by atoms with van der Waals surface area (Å²) in [5, 5.41) is 6.04. The number of carbonyl (C=O) groups is 1. The van der Waals surface area contributed by atoms with E-state index in [1.54, 1.807) is 6.33 Å². The number of amides is 1. The Morgan fingerprint density at radius 3 is 2.88 bits per heavy atom. The number of hydrogen-bond acceptors (Lipinski definition) is 3. The molecule has 1 unspecified atom stereocenters. The fourth-order valence-corrected chi connectivity index (χ4v) is 1.77. The third kappa shape index (κ3) is 4.18. The molecule has 1 amide bonds. The fraction of sp³-hybridized carbons (Fsp3) is 0.600. The zero-order valence-electron chi connectivity index (χ0n) is 9.66. The molecule has 0 radical (unpaired) electrons. The average molecular weight is 281 g/mol. The van der Waals surface area contributed by atoms with Gasteiger partial charge in [0.1, 0.15) is 0 Å². The fourth-order valence-electron chi connectivity index (χ4n) is 1.77. The molecule has 98 valence electrons. The highest BCUT2D eigenvalue weighted by molar-refractivity contribution is 5.85. The molecule has 7 heteroatoms. The summed E-state index contributed by atoms with van der Waals surface area (Å²) in [7, 11) is 0. The van der Waals surface area contributed by atoms with Crippen molar-refractivity contribution in [2.24, 2.45) is 0 Å². The number of nitrogens with one attached hydrogen (secondary N) is 3.